The van der Waals surface area contributed by atoms with Crippen molar-refractivity contribution in [2.45, 2.75) is 12.8 Å². The van der Waals surface area contributed by atoms with E-state index in [2.05, 4.69) is 10.3 Å². The number of hydrogen-bond acceptors (Lipinski definition) is 4. The van der Waals surface area contributed by atoms with Gasteiger partial charge < -0.3 is 5.32 Å². The van der Waals surface area contributed by atoms with Gasteiger partial charge in [0.2, 0.25) is 11.8 Å². The molecule has 1 fully saturated rings. The second kappa shape index (κ2) is 6.40. The zero-order valence-corrected chi connectivity index (χ0v) is 13.8. The highest BCUT2D eigenvalue weighted by Crippen LogP contribution is 2.25. The molecule has 4 rings (SSSR count). The van der Waals surface area contributed by atoms with Crippen LogP contribution in [0.4, 0.5) is 11.4 Å². The first-order valence-electron chi connectivity index (χ1n) is 8.24. The number of para-hydroxylation sites is 1. The number of fused-ring (bicyclic) bond motifs is 1. The van der Waals surface area contributed by atoms with Gasteiger partial charge in [0.15, 0.2) is 0 Å². The molecule has 6 nitrogen and oxygen atoms in total. The summed E-state index contributed by atoms with van der Waals surface area (Å²) in [5.74, 6) is -0.819. The summed E-state index contributed by atoms with van der Waals surface area (Å²) in [6.45, 7) is 0. The molecule has 3 amide bonds. The average Bonchev–Trinajstić information content (AvgIpc) is 3.00. The molecule has 1 aromatic heterocycles. The van der Waals surface area contributed by atoms with Crippen LogP contribution >= 0.6 is 0 Å². The summed E-state index contributed by atoms with van der Waals surface area (Å²) in [6.07, 6.45) is 2.08. The summed E-state index contributed by atoms with van der Waals surface area (Å²) in [4.78, 5) is 41.9. The topological polar surface area (TPSA) is 79.4 Å². The monoisotopic (exact) mass is 345 g/mol. The molecular formula is C20H15N3O3. The predicted octanol–water partition coefficient (Wildman–Crippen LogP) is 3.14. The molecule has 0 bridgehead atoms. The Balaban J connectivity index is 1.64. The lowest BCUT2D eigenvalue weighted by molar-refractivity contribution is -0.121. The molecular weight excluding hydrogens is 330 g/mol. The molecule has 0 spiro atoms. The van der Waals surface area contributed by atoms with Crippen LogP contribution in [-0.2, 0) is 9.59 Å². The van der Waals surface area contributed by atoms with Crippen molar-refractivity contribution in [2.24, 2.45) is 0 Å². The third-order valence-electron chi connectivity index (χ3n) is 4.30. The van der Waals surface area contributed by atoms with Gasteiger partial charge in [-0.25, -0.2) is 0 Å². The van der Waals surface area contributed by atoms with E-state index in [9.17, 15) is 14.4 Å². The van der Waals surface area contributed by atoms with Crippen molar-refractivity contribution in [1.29, 1.82) is 0 Å². The SMILES string of the molecule is O=C(Nc1cccc2cccnc12)c1cccc(N2C(=O)CCC2=O)c1. The van der Waals surface area contributed by atoms with E-state index >= 15 is 0 Å². The number of nitrogens with one attached hydrogen (secondary N) is 1. The Morgan fingerprint density at radius 2 is 1.69 bits per heavy atom. The van der Waals surface area contributed by atoms with Gasteiger partial charge in [-0.05, 0) is 30.3 Å². The van der Waals surface area contributed by atoms with E-state index in [0.717, 1.165) is 10.3 Å². The molecule has 1 N–H and O–H groups in total. The number of pyridine rings is 1. The summed E-state index contributed by atoms with van der Waals surface area (Å²) in [6, 6.07) is 15.8. The van der Waals surface area contributed by atoms with E-state index in [1.807, 2.05) is 24.3 Å². The maximum Gasteiger partial charge on any atom is 0.255 e. The smallest absolute Gasteiger partial charge is 0.255 e. The lowest BCUT2D eigenvalue weighted by atomic mass is 10.1. The second-order valence-electron chi connectivity index (χ2n) is 6.01. The predicted molar refractivity (Wildman–Crippen MR) is 97.9 cm³/mol. The molecule has 26 heavy (non-hydrogen) atoms. The van der Waals surface area contributed by atoms with Crippen LogP contribution in [0.15, 0.2) is 60.8 Å². The molecule has 2 aromatic carbocycles. The third kappa shape index (κ3) is 2.82. The fraction of sp³-hybridized carbons (Fsp3) is 0.100. The van der Waals surface area contributed by atoms with Crippen LogP contribution in [0, 0.1) is 0 Å². The summed E-state index contributed by atoms with van der Waals surface area (Å²) in [5.41, 5.74) is 2.08. The van der Waals surface area contributed by atoms with Gasteiger partial charge >= 0.3 is 0 Å². The minimum atomic E-state index is -0.330. The Labute approximate surface area is 149 Å². The summed E-state index contributed by atoms with van der Waals surface area (Å²) >= 11 is 0. The Morgan fingerprint density at radius 3 is 2.50 bits per heavy atom. The highest BCUT2D eigenvalue weighted by Gasteiger charge is 2.30. The van der Waals surface area contributed by atoms with E-state index in [4.69, 9.17) is 0 Å². The Morgan fingerprint density at radius 1 is 0.962 bits per heavy atom. The minimum Gasteiger partial charge on any atom is -0.320 e. The number of carbonyl (C=O) groups is 3. The van der Waals surface area contributed by atoms with Gasteiger partial charge in [0, 0.05) is 30.0 Å². The Hall–Kier alpha value is -3.54. The highest BCUT2D eigenvalue weighted by atomic mass is 16.2. The number of imide groups is 1. The average molecular weight is 345 g/mol. The first-order valence-corrected chi connectivity index (χ1v) is 8.24. The molecule has 0 saturated carbocycles. The number of aromatic nitrogens is 1. The normalized spacial score (nSPS) is 14.1. The van der Waals surface area contributed by atoms with Crippen LogP contribution in [-0.4, -0.2) is 22.7 Å². The van der Waals surface area contributed by atoms with E-state index < -0.39 is 0 Å². The van der Waals surface area contributed by atoms with Crippen molar-refractivity contribution in [2.75, 3.05) is 10.2 Å². The number of amides is 3. The molecule has 1 saturated heterocycles. The lowest BCUT2D eigenvalue weighted by Crippen LogP contribution is -2.28. The molecule has 128 valence electrons. The van der Waals surface area contributed by atoms with Crippen LogP contribution in [0.3, 0.4) is 0 Å². The first kappa shape index (κ1) is 16.0. The molecule has 0 atom stereocenters. The standard InChI is InChI=1S/C20H15N3O3/c24-17-9-10-18(25)23(17)15-7-1-5-14(12-15)20(26)22-16-8-2-4-13-6-3-11-21-19(13)16/h1-8,11-12H,9-10H2,(H,22,26). The number of rotatable bonds is 3. The number of nitrogens with zero attached hydrogens (tertiary/aromatic N) is 2. The van der Waals surface area contributed by atoms with Gasteiger partial charge in [0.25, 0.3) is 5.91 Å². The molecule has 0 radical (unpaired) electrons. The van der Waals surface area contributed by atoms with Gasteiger partial charge in [0.05, 0.1) is 16.9 Å². The molecule has 2 heterocycles. The quantitative estimate of drug-likeness (QED) is 0.740. The summed E-state index contributed by atoms with van der Waals surface area (Å²) in [7, 11) is 0. The first-order chi connectivity index (χ1) is 12.6. The zero-order valence-electron chi connectivity index (χ0n) is 13.8. The van der Waals surface area contributed by atoms with Gasteiger partial charge in [0.1, 0.15) is 0 Å². The van der Waals surface area contributed by atoms with Crippen molar-refractivity contribution in [3.63, 3.8) is 0 Å². The highest BCUT2D eigenvalue weighted by molar-refractivity contribution is 6.20. The molecule has 3 aromatic rings. The van der Waals surface area contributed by atoms with Gasteiger partial charge in [-0.1, -0.05) is 24.3 Å². The lowest BCUT2D eigenvalue weighted by Gasteiger charge is -2.15. The zero-order chi connectivity index (χ0) is 18.1. The number of carbonyl (C=O) groups excluding carboxylic acids is 3. The van der Waals surface area contributed by atoms with Crippen LogP contribution in [0.1, 0.15) is 23.2 Å². The molecule has 1 aliphatic rings. The molecule has 0 unspecified atom stereocenters. The van der Waals surface area contributed by atoms with Crippen molar-refractivity contribution in [3.8, 4) is 0 Å². The van der Waals surface area contributed by atoms with Crippen LogP contribution in [0.5, 0.6) is 0 Å². The molecule has 6 heteroatoms. The maximum atomic E-state index is 12.7. The minimum absolute atomic E-state index is 0.205. The number of benzene rings is 2. The number of hydrogen-bond donors (Lipinski definition) is 1. The number of anilines is 2. The van der Waals surface area contributed by atoms with Crippen molar-refractivity contribution in [3.05, 3.63) is 66.4 Å². The van der Waals surface area contributed by atoms with Crippen LogP contribution in [0.2, 0.25) is 0 Å². The Kier molecular flexibility index (Phi) is 3.93. The molecule has 0 aliphatic carbocycles. The summed E-state index contributed by atoms with van der Waals surface area (Å²) < 4.78 is 0. The van der Waals surface area contributed by atoms with E-state index in [0.29, 0.717) is 22.5 Å². The summed E-state index contributed by atoms with van der Waals surface area (Å²) in [5, 5.41) is 3.78. The van der Waals surface area contributed by atoms with Crippen molar-refractivity contribution in [1.82, 2.24) is 4.98 Å². The maximum absolute atomic E-state index is 12.7. The van der Waals surface area contributed by atoms with E-state index in [-0.39, 0.29) is 30.6 Å². The largest absolute Gasteiger partial charge is 0.320 e. The van der Waals surface area contributed by atoms with Gasteiger partial charge in [-0.15, -0.1) is 0 Å². The van der Waals surface area contributed by atoms with E-state index in [1.165, 1.54) is 0 Å². The van der Waals surface area contributed by atoms with Crippen molar-refractivity contribution < 1.29 is 14.4 Å². The second-order valence-corrected chi connectivity index (χ2v) is 6.01. The van der Waals surface area contributed by atoms with Gasteiger partial charge in [-0.3, -0.25) is 24.3 Å². The molecule has 1 aliphatic heterocycles. The fourth-order valence-corrected chi connectivity index (χ4v) is 3.05. The van der Waals surface area contributed by atoms with Crippen molar-refractivity contribution >= 4 is 40.0 Å². The Bertz CT molecular complexity index is 1020. The third-order valence-corrected chi connectivity index (χ3v) is 4.30. The van der Waals surface area contributed by atoms with Crippen LogP contribution < -0.4 is 10.2 Å². The van der Waals surface area contributed by atoms with Crippen LogP contribution in [0.25, 0.3) is 10.9 Å². The van der Waals surface area contributed by atoms with Gasteiger partial charge in [-0.2, -0.15) is 0 Å². The van der Waals surface area contributed by atoms with E-state index in [1.54, 1.807) is 36.5 Å². The fourth-order valence-electron chi connectivity index (χ4n) is 3.05.